The number of benzene rings is 1. The standard InChI is InChI=1S/C18H20N2O2/c1-12(19-20-18(21)17-9-10-22-13(17)2)15-8-7-14-5-3-4-6-16(14)11-15/h7-11H,3-6H2,1-2H3,(H,20,21)/b19-12-. The average Bonchev–Trinajstić information content (AvgIpc) is 2.98. The van der Waals surface area contributed by atoms with Crippen molar-refractivity contribution in [3.63, 3.8) is 0 Å². The molecule has 0 unspecified atom stereocenters. The lowest BCUT2D eigenvalue weighted by Gasteiger charge is -2.16. The van der Waals surface area contributed by atoms with Crippen LogP contribution in [0.4, 0.5) is 0 Å². The van der Waals surface area contributed by atoms with Crippen LogP contribution in [0.5, 0.6) is 0 Å². The topological polar surface area (TPSA) is 54.6 Å². The van der Waals surface area contributed by atoms with Gasteiger partial charge < -0.3 is 4.42 Å². The minimum absolute atomic E-state index is 0.247. The fourth-order valence-electron chi connectivity index (χ4n) is 2.84. The molecule has 1 aliphatic carbocycles. The number of hydrogen-bond acceptors (Lipinski definition) is 3. The number of carbonyl (C=O) groups is 1. The molecule has 0 aliphatic heterocycles. The Hall–Kier alpha value is -2.36. The molecule has 0 bridgehead atoms. The Bertz CT molecular complexity index is 728. The van der Waals surface area contributed by atoms with Gasteiger partial charge in [0.25, 0.3) is 5.91 Å². The third kappa shape index (κ3) is 2.96. The van der Waals surface area contributed by atoms with E-state index in [2.05, 4.69) is 28.7 Å². The van der Waals surface area contributed by atoms with Crippen molar-refractivity contribution in [3.8, 4) is 0 Å². The van der Waals surface area contributed by atoms with Gasteiger partial charge in [0.15, 0.2) is 0 Å². The molecule has 2 aromatic rings. The summed E-state index contributed by atoms with van der Waals surface area (Å²) in [6, 6.07) is 8.11. The fraction of sp³-hybridized carbons (Fsp3) is 0.333. The van der Waals surface area contributed by atoms with E-state index in [9.17, 15) is 4.79 Å². The predicted octanol–water partition coefficient (Wildman–Crippen LogP) is 3.62. The van der Waals surface area contributed by atoms with Crippen molar-refractivity contribution in [1.29, 1.82) is 0 Å². The van der Waals surface area contributed by atoms with Crippen molar-refractivity contribution in [1.82, 2.24) is 5.43 Å². The molecule has 1 aromatic heterocycles. The van der Waals surface area contributed by atoms with Crippen LogP contribution in [0.25, 0.3) is 0 Å². The lowest BCUT2D eigenvalue weighted by atomic mass is 9.90. The number of hydrazone groups is 1. The van der Waals surface area contributed by atoms with Gasteiger partial charge in [0.2, 0.25) is 0 Å². The van der Waals surface area contributed by atoms with Crippen molar-refractivity contribution in [2.45, 2.75) is 39.5 Å². The molecule has 1 heterocycles. The molecule has 0 saturated carbocycles. The number of aryl methyl sites for hydroxylation is 3. The van der Waals surface area contributed by atoms with Gasteiger partial charge in [-0.25, -0.2) is 5.43 Å². The normalized spacial score (nSPS) is 14.5. The van der Waals surface area contributed by atoms with Gasteiger partial charge in [0.05, 0.1) is 17.5 Å². The molecular formula is C18H20N2O2. The third-order valence-corrected chi connectivity index (χ3v) is 4.19. The molecule has 1 N–H and O–H groups in total. The molecule has 0 atom stereocenters. The zero-order chi connectivity index (χ0) is 15.5. The van der Waals surface area contributed by atoms with Gasteiger partial charge in [-0.15, -0.1) is 0 Å². The number of amides is 1. The number of nitrogens with zero attached hydrogens (tertiary/aromatic N) is 1. The van der Waals surface area contributed by atoms with Gasteiger partial charge in [0.1, 0.15) is 5.76 Å². The molecule has 0 radical (unpaired) electrons. The predicted molar refractivity (Wildman–Crippen MR) is 86.2 cm³/mol. The zero-order valence-electron chi connectivity index (χ0n) is 13.0. The number of furan rings is 1. The first-order valence-electron chi connectivity index (χ1n) is 7.66. The van der Waals surface area contributed by atoms with E-state index in [1.807, 2.05) is 6.92 Å². The molecule has 0 saturated heterocycles. The highest BCUT2D eigenvalue weighted by atomic mass is 16.3. The molecular weight excluding hydrogens is 276 g/mol. The molecule has 3 rings (SSSR count). The Kier molecular flexibility index (Phi) is 4.09. The highest BCUT2D eigenvalue weighted by molar-refractivity contribution is 6.01. The number of hydrogen-bond donors (Lipinski definition) is 1. The summed E-state index contributed by atoms with van der Waals surface area (Å²) < 4.78 is 5.13. The van der Waals surface area contributed by atoms with Crippen LogP contribution in [0.2, 0.25) is 0 Å². The smallest absolute Gasteiger partial charge is 0.274 e. The van der Waals surface area contributed by atoms with Gasteiger partial charge >= 0.3 is 0 Å². The van der Waals surface area contributed by atoms with Crippen molar-refractivity contribution in [2.24, 2.45) is 5.10 Å². The maximum absolute atomic E-state index is 12.0. The van der Waals surface area contributed by atoms with Crippen molar-refractivity contribution in [3.05, 3.63) is 58.5 Å². The second kappa shape index (κ2) is 6.18. The molecule has 0 fully saturated rings. The molecule has 0 spiro atoms. The Morgan fingerprint density at radius 1 is 1.18 bits per heavy atom. The lowest BCUT2D eigenvalue weighted by molar-refractivity contribution is 0.0953. The van der Waals surface area contributed by atoms with Gasteiger partial charge in [-0.05, 0) is 68.4 Å². The summed E-state index contributed by atoms with van der Waals surface area (Å²) >= 11 is 0. The molecule has 1 amide bonds. The lowest BCUT2D eigenvalue weighted by Crippen LogP contribution is -2.19. The minimum Gasteiger partial charge on any atom is -0.469 e. The Morgan fingerprint density at radius 2 is 1.95 bits per heavy atom. The van der Waals surface area contributed by atoms with Crippen LogP contribution in [-0.2, 0) is 12.8 Å². The van der Waals surface area contributed by atoms with E-state index in [1.165, 1.54) is 36.7 Å². The van der Waals surface area contributed by atoms with Gasteiger partial charge in [-0.1, -0.05) is 12.1 Å². The van der Waals surface area contributed by atoms with Crippen LogP contribution in [0, 0.1) is 6.92 Å². The van der Waals surface area contributed by atoms with E-state index >= 15 is 0 Å². The number of rotatable bonds is 3. The van der Waals surface area contributed by atoms with E-state index in [0.717, 1.165) is 17.7 Å². The minimum atomic E-state index is -0.247. The van der Waals surface area contributed by atoms with Crippen LogP contribution >= 0.6 is 0 Å². The van der Waals surface area contributed by atoms with E-state index in [1.54, 1.807) is 13.0 Å². The van der Waals surface area contributed by atoms with Gasteiger partial charge in [-0.2, -0.15) is 5.10 Å². The van der Waals surface area contributed by atoms with E-state index in [4.69, 9.17) is 4.42 Å². The third-order valence-electron chi connectivity index (χ3n) is 4.19. The van der Waals surface area contributed by atoms with Gasteiger partial charge in [-0.3, -0.25) is 4.79 Å². The Labute approximate surface area is 130 Å². The zero-order valence-corrected chi connectivity index (χ0v) is 13.0. The summed E-state index contributed by atoms with van der Waals surface area (Å²) in [7, 11) is 0. The monoisotopic (exact) mass is 296 g/mol. The SMILES string of the molecule is C/C(=N/NC(=O)c1ccoc1C)c1ccc2c(c1)CCCC2. The molecule has 1 aliphatic rings. The van der Waals surface area contributed by atoms with E-state index in [0.29, 0.717) is 11.3 Å². The summed E-state index contributed by atoms with van der Waals surface area (Å²) in [4.78, 5) is 12.0. The first-order chi connectivity index (χ1) is 10.6. The summed E-state index contributed by atoms with van der Waals surface area (Å²) in [6.07, 6.45) is 6.34. The summed E-state index contributed by atoms with van der Waals surface area (Å²) in [5, 5.41) is 4.22. The number of nitrogens with one attached hydrogen (secondary N) is 1. The van der Waals surface area contributed by atoms with Crippen LogP contribution in [0.15, 0.2) is 40.0 Å². The Balaban J connectivity index is 1.74. The van der Waals surface area contributed by atoms with Crippen LogP contribution in [0.1, 0.15) is 52.6 Å². The molecule has 4 nitrogen and oxygen atoms in total. The van der Waals surface area contributed by atoms with Gasteiger partial charge in [0, 0.05) is 0 Å². The maximum Gasteiger partial charge on any atom is 0.274 e. The fourth-order valence-corrected chi connectivity index (χ4v) is 2.84. The number of fused-ring (bicyclic) bond motifs is 1. The Morgan fingerprint density at radius 3 is 2.68 bits per heavy atom. The second-order valence-corrected chi connectivity index (χ2v) is 5.72. The summed E-state index contributed by atoms with van der Waals surface area (Å²) in [6.45, 7) is 3.67. The first-order valence-corrected chi connectivity index (χ1v) is 7.66. The van der Waals surface area contributed by atoms with E-state index < -0.39 is 0 Å². The van der Waals surface area contributed by atoms with E-state index in [-0.39, 0.29) is 5.91 Å². The highest BCUT2D eigenvalue weighted by Gasteiger charge is 2.12. The maximum atomic E-state index is 12.0. The second-order valence-electron chi connectivity index (χ2n) is 5.72. The van der Waals surface area contributed by atoms with Crippen molar-refractivity contribution in [2.75, 3.05) is 0 Å². The highest BCUT2D eigenvalue weighted by Crippen LogP contribution is 2.22. The van der Waals surface area contributed by atoms with Crippen molar-refractivity contribution < 1.29 is 9.21 Å². The van der Waals surface area contributed by atoms with Crippen LogP contribution < -0.4 is 5.43 Å². The molecule has 114 valence electrons. The first kappa shape index (κ1) is 14.6. The summed E-state index contributed by atoms with van der Waals surface area (Å²) in [5.74, 6) is 0.350. The molecule has 1 aromatic carbocycles. The molecule has 4 heteroatoms. The average molecular weight is 296 g/mol. The quantitative estimate of drug-likeness (QED) is 0.694. The largest absolute Gasteiger partial charge is 0.469 e. The van der Waals surface area contributed by atoms with Crippen LogP contribution in [0.3, 0.4) is 0 Å². The summed E-state index contributed by atoms with van der Waals surface area (Å²) in [5.41, 5.74) is 7.83. The number of carbonyl (C=O) groups excluding carboxylic acids is 1. The van der Waals surface area contributed by atoms with Crippen molar-refractivity contribution >= 4 is 11.6 Å². The van der Waals surface area contributed by atoms with Crippen LogP contribution in [-0.4, -0.2) is 11.6 Å². The molecule has 22 heavy (non-hydrogen) atoms.